The van der Waals surface area contributed by atoms with Gasteiger partial charge in [0.2, 0.25) is 5.91 Å². The number of aromatic nitrogens is 1. The lowest BCUT2D eigenvalue weighted by Crippen LogP contribution is -2.44. The van der Waals surface area contributed by atoms with Gasteiger partial charge in [-0.2, -0.15) is 0 Å². The molecular weight excluding hydrogens is 332 g/mol. The highest BCUT2D eigenvalue weighted by Gasteiger charge is 2.26. The molecule has 0 saturated heterocycles. The fourth-order valence-electron chi connectivity index (χ4n) is 2.29. The van der Waals surface area contributed by atoms with Crippen molar-refractivity contribution >= 4 is 32.8 Å². The maximum atomic E-state index is 12.3. The van der Waals surface area contributed by atoms with Crippen LogP contribution in [0.25, 0.3) is 11.0 Å². The Balaban J connectivity index is 2.07. The number of hydrogen-bond donors (Lipinski definition) is 1. The average Bonchev–Trinajstić information content (AvgIpc) is 2.81. The van der Waals surface area contributed by atoms with Crippen molar-refractivity contribution in [1.29, 1.82) is 0 Å². The zero-order chi connectivity index (χ0) is 15.5. The lowest BCUT2D eigenvalue weighted by atomic mass is 9.85. The molecule has 2 rings (SSSR count). The molecule has 1 heterocycles. The molecule has 21 heavy (non-hydrogen) atoms. The molecule has 0 aliphatic carbocycles. The maximum Gasteiger partial charge on any atom is 0.226 e. The first kappa shape index (κ1) is 16.0. The zero-order valence-electron chi connectivity index (χ0n) is 12.6. The predicted octanol–water partition coefficient (Wildman–Crippen LogP) is 3.69. The third-order valence-electron chi connectivity index (χ3n) is 3.56. The molecule has 0 radical (unpaired) electrons. The molecule has 0 spiro atoms. The molecule has 5 heteroatoms. The molecular formula is C16H21BrN2O2. The van der Waals surface area contributed by atoms with Gasteiger partial charge in [-0.25, -0.2) is 0 Å². The van der Waals surface area contributed by atoms with E-state index in [2.05, 4.69) is 47.2 Å². The van der Waals surface area contributed by atoms with E-state index in [0.717, 1.165) is 17.1 Å². The van der Waals surface area contributed by atoms with Crippen molar-refractivity contribution < 1.29 is 9.32 Å². The molecule has 1 aromatic heterocycles. The van der Waals surface area contributed by atoms with Gasteiger partial charge in [0.15, 0.2) is 5.58 Å². The minimum Gasteiger partial charge on any atom is -0.356 e. The first-order valence-corrected chi connectivity index (χ1v) is 8.22. The van der Waals surface area contributed by atoms with E-state index in [-0.39, 0.29) is 23.8 Å². The summed E-state index contributed by atoms with van der Waals surface area (Å²) >= 11 is 3.45. The van der Waals surface area contributed by atoms with E-state index in [4.69, 9.17) is 4.52 Å². The van der Waals surface area contributed by atoms with Crippen molar-refractivity contribution in [2.45, 2.75) is 39.7 Å². The molecule has 1 unspecified atom stereocenters. The summed E-state index contributed by atoms with van der Waals surface area (Å²) in [5, 5.41) is 8.88. The summed E-state index contributed by atoms with van der Waals surface area (Å²) < 4.78 is 5.23. The van der Waals surface area contributed by atoms with E-state index in [1.807, 2.05) is 24.3 Å². The monoisotopic (exact) mass is 352 g/mol. The van der Waals surface area contributed by atoms with Crippen LogP contribution < -0.4 is 5.32 Å². The number of halogens is 1. The molecule has 0 saturated carbocycles. The van der Waals surface area contributed by atoms with Gasteiger partial charge < -0.3 is 9.84 Å². The van der Waals surface area contributed by atoms with Gasteiger partial charge in [0, 0.05) is 16.8 Å². The summed E-state index contributed by atoms with van der Waals surface area (Å²) in [5.41, 5.74) is 1.43. The highest BCUT2D eigenvalue weighted by atomic mass is 79.9. The van der Waals surface area contributed by atoms with Gasteiger partial charge >= 0.3 is 0 Å². The third kappa shape index (κ3) is 4.06. The van der Waals surface area contributed by atoms with Crippen LogP contribution in [0.1, 0.15) is 32.9 Å². The highest BCUT2D eigenvalue weighted by Crippen LogP contribution is 2.23. The van der Waals surface area contributed by atoms with E-state index < -0.39 is 0 Å². The molecule has 1 aromatic carbocycles. The number of alkyl halides is 1. The Bertz CT molecular complexity index is 616. The molecule has 0 bridgehead atoms. The lowest BCUT2D eigenvalue weighted by molar-refractivity contribution is -0.122. The van der Waals surface area contributed by atoms with Crippen LogP contribution in [0, 0.1) is 5.41 Å². The average molecular weight is 353 g/mol. The minimum atomic E-state index is -0.0186. The second kappa shape index (κ2) is 6.60. The summed E-state index contributed by atoms with van der Waals surface area (Å²) in [6, 6.07) is 7.72. The normalized spacial score (nSPS) is 13.3. The number of rotatable bonds is 5. The smallest absolute Gasteiger partial charge is 0.226 e. The standard InChI is InChI=1S/C16H21BrN2O2/c1-16(2,3)14(8-9-17)18-15(20)10-12-11-6-4-5-7-13(11)21-19-12/h4-7,14H,8-10H2,1-3H3,(H,18,20). The molecule has 2 aromatic rings. The number of nitrogens with one attached hydrogen (secondary N) is 1. The van der Waals surface area contributed by atoms with Gasteiger partial charge in [-0.3, -0.25) is 4.79 Å². The van der Waals surface area contributed by atoms with E-state index in [1.54, 1.807) is 0 Å². The van der Waals surface area contributed by atoms with Crippen LogP contribution in [0.2, 0.25) is 0 Å². The molecule has 4 nitrogen and oxygen atoms in total. The fraction of sp³-hybridized carbons (Fsp3) is 0.500. The summed E-state index contributed by atoms with van der Waals surface area (Å²) in [4.78, 5) is 12.3. The fourth-order valence-corrected chi connectivity index (χ4v) is 2.75. The van der Waals surface area contributed by atoms with Crippen molar-refractivity contribution in [3.05, 3.63) is 30.0 Å². The van der Waals surface area contributed by atoms with Crippen LogP contribution >= 0.6 is 15.9 Å². The van der Waals surface area contributed by atoms with Gasteiger partial charge in [-0.15, -0.1) is 0 Å². The number of carbonyl (C=O) groups excluding carboxylic acids is 1. The molecule has 0 aliphatic rings. The Morgan fingerprint density at radius 1 is 1.38 bits per heavy atom. The lowest BCUT2D eigenvalue weighted by Gasteiger charge is -2.31. The molecule has 0 aliphatic heterocycles. The second-order valence-corrected chi connectivity index (χ2v) is 7.06. The summed E-state index contributed by atoms with van der Waals surface area (Å²) in [6.07, 6.45) is 1.14. The Labute approximate surface area is 133 Å². The topological polar surface area (TPSA) is 55.1 Å². The quantitative estimate of drug-likeness (QED) is 0.835. The van der Waals surface area contributed by atoms with Gasteiger partial charge in [-0.05, 0) is 24.0 Å². The van der Waals surface area contributed by atoms with Gasteiger partial charge in [0.25, 0.3) is 0 Å². The van der Waals surface area contributed by atoms with Gasteiger partial charge in [-0.1, -0.05) is 54.0 Å². The van der Waals surface area contributed by atoms with Crippen molar-refractivity contribution in [2.75, 3.05) is 5.33 Å². The number of carbonyl (C=O) groups is 1. The second-order valence-electron chi connectivity index (χ2n) is 6.27. The van der Waals surface area contributed by atoms with E-state index in [9.17, 15) is 4.79 Å². The molecule has 0 fully saturated rings. The Kier molecular flexibility index (Phi) is 5.04. The minimum absolute atomic E-state index is 0.0186. The van der Waals surface area contributed by atoms with Crippen LogP contribution in [0.3, 0.4) is 0 Å². The summed E-state index contributed by atoms with van der Waals surface area (Å²) in [7, 11) is 0. The number of para-hydroxylation sites is 1. The van der Waals surface area contributed by atoms with Crippen molar-refractivity contribution in [2.24, 2.45) is 5.41 Å². The number of nitrogens with zero attached hydrogens (tertiary/aromatic N) is 1. The summed E-state index contributed by atoms with van der Waals surface area (Å²) in [6.45, 7) is 6.39. The van der Waals surface area contributed by atoms with Crippen molar-refractivity contribution in [1.82, 2.24) is 10.5 Å². The number of amides is 1. The Morgan fingerprint density at radius 2 is 2.10 bits per heavy atom. The number of fused-ring (bicyclic) bond motifs is 1. The van der Waals surface area contributed by atoms with Crippen molar-refractivity contribution in [3.8, 4) is 0 Å². The predicted molar refractivity (Wildman–Crippen MR) is 87.5 cm³/mol. The van der Waals surface area contributed by atoms with E-state index in [0.29, 0.717) is 11.3 Å². The van der Waals surface area contributed by atoms with Crippen molar-refractivity contribution in [3.63, 3.8) is 0 Å². The molecule has 1 amide bonds. The Hall–Kier alpha value is -1.36. The van der Waals surface area contributed by atoms with Gasteiger partial charge in [0.05, 0.1) is 6.42 Å². The van der Waals surface area contributed by atoms with E-state index in [1.165, 1.54) is 0 Å². The molecule has 1 N–H and O–H groups in total. The SMILES string of the molecule is CC(C)(C)C(CCBr)NC(=O)Cc1noc2ccccc12. The molecule has 114 valence electrons. The molecule has 1 atom stereocenters. The summed E-state index contributed by atoms with van der Waals surface area (Å²) in [5.74, 6) is -0.0186. The first-order chi connectivity index (χ1) is 9.91. The van der Waals surface area contributed by atoms with Crippen LogP contribution in [-0.2, 0) is 11.2 Å². The zero-order valence-corrected chi connectivity index (χ0v) is 14.2. The largest absolute Gasteiger partial charge is 0.356 e. The highest BCUT2D eigenvalue weighted by molar-refractivity contribution is 9.09. The number of benzene rings is 1. The third-order valence-corrected chi connectivity index (χ3v) is 4.02. The van der Waals surface area contributed by atoms with Crippen LogP contribution in [0.15, 0.2) is 28.8 Å². The van der Waals surface area contributed by atoms with Crippen LogP contribution in [0.5, 0.6) is 0 Å². The van der Waals surface area contributed by atoms with Crippen LogP contribution in [0.4, 0.5) is 0 Å². The maximum absolute atomic E-state index is 12.3. The first-order valence-electron chi connectivity index (χ1n) is 7.10. The number of hydrogen-bond acceptors (Lipinski definition) is 3. The van der Waals surface area contributed by atoms with Gasteiger partial charge in [0.1, 0.15) is 5.69 Å². The van der Waals surface area contributed by atoms with Crippen LogP contribution in [-0.4, -0.2) is 22.4 Å². The van der Waals surface area contributed by atoms with E-state index >= 15 is 0 Å². The Morgan fingerprint density at radius 3 is 2.76 bits per heavy atom.